The number of carbonyl (C=O) groups excluding carboxylic acids is 4. The number of anilines is 1. The Morgan fingerprint density at radius 3 is 1.38 bits per heavy atom. The highest BCUT2D eigenvalue weighted by atomic mass is 31.3. The molecular formula is C76H112N14O42P6. The van der Waals surface area contributed by atoms with Crippen molar-refractivity contribution in [3.05, 3.63) is 130 Å². The summed E-state index contributed by atoms with van der Waals surface area (Å²) in [5.41, 5.74) is 9.30. The second kappa shape index (κ2) is 62.0. The third-order valence-corrected chi connectivity index (χ3v) is 26.1. The number of rotatable bonds is 65. The number of phosphoric ester groups is 2. The van der Waals surface area contributed by atoms with Crippen molar-refractivity contribution in [1.82, 2.24) is 50.0 Å². The van der Waals surface area contributed by atoms with Gasteiger partial charge in [-0.25, -0.2) is 41.7 Å². The molecule has 0 bridgehead atoms. The van der Waals surface area contributed by atoms with Crippen LogP contribution in [0.4, 0.5) is 5.69 Å². The lowest BCUT2D eigenvalue weighted by Crippen LogP contribution is -2.34. The summed E-state index contributed by atoms with van der Waals surface area (Å²) in [6.07, 6.45) is 0.581. The number of carbonyl (C=O) groups is 4. The van der Waals surface area contributed by atoms with Gasteiger partial charge in [0.05, 0.1) is 215 Å². The number of amides is 4. The van der Waals surface area contributed by atoms with Gasteiger partial charge in [-0.05, 0) is 55.7 Å². The zero-order valence-electron chi connectivity index (χ0n) is 74.7. The average Bonchev–Trinajstić information content (AvgIpc) is 1.56. The van der Waals surface area contributed by atoms with Crippen LogP contribution in [0.15, 0.2) is 85.2 Å². The van der Waals surface area contributed by atoms with E-state index in [1.807, 2.05) is 53.2 Å². The van der Waals surface area contributed by atoms with Crippen LogP contribution in [0.1, 0.15) is 93.4 Å². The van der Waals surface area contributed by atoms with E-state index in [2.05, 4.69) is 96.2 Å². The van der Waals surface area contributed by atoms with Crippen molar-refractivity contribution < 1.29 is 178 Å². The molecule has 4 amide bonds. The van der Waals surface area contributed by atoms with Crippen LogP contribution in [0.25, 0.3) is 33.0 Å². The standard InChI is InChI=1S/C53H75N8O24P3.C23H37N6O18P3/c1-74-25-26-78-33-34-80-31-28-76-23-20-55-46(62)14-6-7-15-48(64)59-37-40-9-2-3-11-43(40)51-50(44-12-4-5-13-45(44)59)57-58-61(51)21-24-77-29-32-81-36-35-79-30-27-75-22-18-47(63)54-19-8-10-41-38-60(53(66)56-52(41)65)49-17-16-42(83-49)39-82-87(70,71)85-88(72,73)84-86(67,68)69;24-28-26-7-9-41-11-13-43-15-14-42-12-10-40-8-5-20(30)25-6-1-2-18-16-29(23(32)27-22(18)31)21-4-3-19(45-21)17-44-49(36,37)47-50(38,39)46-48(33,34)35/h2-5,9,11-13,38,42,49H,6-7,14-37,39H2,1H3,(H,54,63)(H,55,62)(H,70,71)(H,72,73)(H,56,65,66)(H2,67,68,69);16,19,21H,3-15,17H2,(H,25,30)(H,36,37)(H,38,39)(H,27,31,32)(H2,33,34,35)/t42-,49+;19-,21+/m00/s1. The van der Waals surface area contributed by atoms with E-state index in [1.165, 1.54) is 0 Å². The number of para-hydroxylation sites is 1. The van der Waals surface area contributed by atoms with E-state index >= 15 is 0 Å². The number of phosphoric acid groups is 6. The molecule has 3 aliphatic heterocycles. The summed E-state index contributed by atoms with van der Waals surface area (Å²) in [5.74, 6) is 9.42. The minimum Gasteiger partial charge on any atom is -0.382 e. The molecule has 0 aliphatic carbocycles. The molecule has 56 nitrogen and oxygen atoms in total. The van der Waals surface area contributed by atoms with Gasteiger partial charge < -0.3 is 126 Å². The number of methoxy groups -OCH3 is 1. The Morgan fingerprint density at radius 1 is 0.500 bits per heavy atom. The van der Waals surface area contributed by atoms with Gasteiger partial charge in [0.15, 0.2) is 0 Å². The van der Waals surface area contributed by atoms with Gasteiger partial charge in [0.2, 0.25) is 23.6 Å². The van der Waals surface area contributed by atoms with Crippen LogP contribution in [0.5, 0.6) is 0 Å². The Morgan fingerprint density at radius 2 is 0.913 bits per heavy atom. The molecule has 2 saturated heterocycles. The highest BCUT2D eigenvalue weighted by Crippen LogP contribution is 2.67. The predicted molar refractivity (Wildman–Crippen MR) is 476 cm³/mol. The summed E-state index contributed by atoms with van der Waals surface area (Å²) in [6, 6.07) is 15.5. The van der Waals surface area contributed by atoms with Gasteiger partial charge in [-0.2, -0.15) is 17.2 Å². The van der Waals surface area contributed by atoms with Crippen molar-refractivity contribution in [3.8, 4) is 46.2 Å². The normalized spacial score (nSPS) is 16.9. The average molecular weight is 2080 g/mol. The largest absolute Gasteiger partial charge is 0.490 e. The van der Waals surface area contributed by atoms with E-state index < -0.39 is 107 Å². The number of H-pyrrole nitrogens is 2. The molecule has 138 heavy (non-hydrogen) atoms. The van der Waals surface area contributed by atoms with E-state index in [1.54, 1.807) is 12.0 Å². The van der Waals surface area contributed by atoms with Crippen LogP contribution in [-0.4, -0.2) is 308 Å². The summed E-state index contributed by atoms with van der Waals surface area (Å²) >= 11 is 0. The first-order valence-electron chi connectivity index (χ1n) is 42.6. The summed E-state index contributed by atoms with van der Waals surface area (Å²) in [5, 5.41) is 20.5. The fraction of sp³-hybridized carbons (Fsp3) is 0.605. The van der Waals surface area contributed by atoms with Crippen molar-refractivity contribution >= 4 is 76.3 Å². The lowest BCUT2D eigenvalue weighted by Gasteiger charge is -2.28. The summed E-state index contributed by atoms with van der Waals surface area (Å²) in [4.78, 5) is 181. The third-order valence-electron chi connectivity index (χ3n) is 18.5. The van der Waals surface area contributed by atoms with Gasteiger partial charge in [-0.3, -0.25) is 56.9 Å². The molecule has 62 heteroatoms. The van der Waals surface area contributed by atoms with Crippen molar-refractivity contribution in [3.63, 3.8) is 0 Å². The third kappa shape index (κ3) is 46.5. The number of nitrogens with one attached hydrogen (secondary N) is 5. The van der Waals surface area contributed by atoms with Gasteiger partial charge in [0, 0.05) is 74.3 Å². The SMILES string of the molecule is COCCOCCOCCOCCNC(=O)CCCCC(=O)N1Cc2ccccc2-c2c(nnn2CCOCCOCCOCCOCCC(=O)NCC#Cc2cn([C@H]3CC[C@@H](COP(=O)(O)OP(=O)(O)OP(=O)(O)O)O3)c(=O)[nH]c2=O)-c2ccccc21.[N-]=[N+]=NCCOCCOCCOCCOCCC(=O)NCC#Cc1cn([C@H]2CC[C@@H](COP(=O)(O)OP(=O)(O)OP(=O)(O)O)O2)c(=O)[nH]c1=O. The Bertz CT molecular complexity index is 5440. The molecule has 768 valence electrons. The maximum Gasteiger partial charge on any atom is 0.490 e. The van der Waals surface area contributed by atoms with Gasteiger partial charge in [-0.1, -0.05) is 76.5 Å². The number of fused-ring (bicyclic) bond motifs is 5. The lowest BCUT2D eigenvalue weighted by molar-refractivity contribution is -0.122. The quantitative estimate of drug-likeness (QED) is 0.00662. The first-order valence-corrected chi connectivity index (χ1v) is 51.6. The Kier molecular flexibility index (Phi) is 52.4. The summed E-state index contributed by atoms with van der Waals surface area (Å²) < 4.78 is 172. The molecule has 6 heterocycles. The van der Waals surface area contributed by atoms with Crippen molar-refractivity contribution in [1.29, 1.82) is 0 Å². The van der Waals surface area contributed by atoms with Gasteiger partial charge in [0.1, 0.15) is 29.3 Å². The minimum atomic E-state index is -5.72. The molecular weight excluding hydrogens is 1970 g/mol. The number of benzene rings is 2. The summed E-state index contributed by atoms with van der Waals surface area (Å²) in [6.45, 7) is 7.50. The number of azide groups is 1. The molecule has 3 aromatic heterocycles. The minimum absolute atomic E-state index is 0.0114. The van der Waals surface area contributed by atoms with E-state index in [0.717, 1.165) is 49.6 Å². The highest BCUT2D eigenvalue weighted by molar-refractivity contribution is 7.67. The maximum absolute atomic E-state index is 14.0. The molecule has 13 N–H and O–H groups in total. The second-order valence-corrected chi connectivity index (χ2v) is 37.7. The zero-order chi connectivity index (χ0) is 100. The summed E-state index contributed by atoms with van der Waals surface area (Å²) in [7, 11) is -31.7. The number of unbranched alkanes of at least 4 members (excludes halogenated alkanes) is 1. The number of aromatic amines is 2. The molecule has 0 radical (unpaired) electrons. The van der Waals surface area contributed by atoms with Crippen LogP contribution >= 0.6 is 46.9 Å². The van der Waals surface area contributed by atoms with Crippen LogP contribution < -0.4 is 43.3 Å². The highest BCUT2D eigenvalue weighted by Gasteiger charge is 2.44. The van der Waals surface area contributed by atoms with E-state index in [-0.39, 0.29) is 132 Å². The Hall–Kier alpha value is -8.49. The molecule has 5 aromatic rings. The fourth-order valence-corrected chi connectivity index (χ4v) is 18.5. The molecule has 3 aliphatic rings. The smallest absolute Gasteiger partial charge is 0.382 e. The van der Waals surface area contributed by atoms with Crippen LogP contribution in [0.3, 0.4) is 0 Å². The first-order chi connectivity index (χ1) is 65.9. The molecule has 4 unspecified atom stereocenters. The number of aromatic nitrogens is 7. The van der Waals surface area contributed by atoms with Gasteiger partial charge in [-0.15, -0.1) is 5.10 Å². The topological polar surface area (TPSA) is 746 Å². The lowest BCUT2D eigenvalue weighted by atomic mass is 9.95. The van der Waals surface area contributed by atoms with Gasteiger partial charge in [0.25, 0.3) is 11.1 Å². The van der Waals surface area contributed by atoms with Gasteiger partial charge >= 0.3 is 58.3 Å². The Balaban J connectivity index is 0.000000439. The van der Waals surface area contributed by atoms with E-state index in [4.69, 9.17) is 91.4 Å². The second-order valence-electron chi connectivity index (χ2n) is 28.8. The molecule has 0 saturated carbocycles. The number of hydrogen-bond donors (Lipinski definition) is 13. The zero-order valence-corrected chi connectivity index (χ0v) is 80.1. The predicted octanol–water partition coefficient (Wildman–Crippen LogP) is 2.12. The van der Waals surface area contributed by atoms with Crippen LogP contribution in [0.2, 0.25) is 0 Å². The first kappa shape index (κ1) is 116. The Labute approximate surface area is 787 Å². The molecule has 2 aromatic carbocycles. The van der Waals surface area contributed by atoms with E-state index in [9.17, 15) is 85.3 Å². The molecule has 2 fully saturated rings. The number of ether oxygens (including phenoxy) is 14. The number of hydrogen-bond acceptors (Lipinski definition) is 37. The van der Waals surface area contributed by atoms with Crippen LogP contribution in [0, 0.1) is 23.7 Å². The van der Waals surface area contributed by atoms with Crippen molar-refractivity contribution in [2.75, 3.05) is 203 Å². The van der Waals surface area contributed by atoms with Crippen molar-refractivity contribution in [2.24, 2.45) is 5.11 Å². The molecule has 8 atom stereocenters. The monoisotopic (exact) mass is 2080 g/mol. The van der Waals surface area contributed by atoms with Crippen LogP contribution in [-0.2, 0) is 152 Å². The van der Waals surface area contributed by atoms with Crippen molar-refractivity contribution in [2.45, 2.75) is 102 Å². The molecule has 8 rings (SSSR count). The molecule has 0 spiro atoms. The fourth-order valence-electron chi connectivity index (χ4n) is 12.4. The van der Waals surface area contributed by atoms with E-state index in [0.29, 0.717) is 164 Å². The number of nitrogens with zero attached hydrogens (tertiary/aromatic N) is 9. The maximum atomic E-state index is 14.0.